The van der Waals surface area contributed by atoms with Crippen LogP contribution in [0.15, 0.2) is 40.1 Å². The lowest BCUT2D eigenvalue weighted by Crippen LogP contribution is -2.46. The quantitative estimate of drug-likeness (QED) is 0.323. The van der Waals surface area contributed by atoms with E-state index in [-0.39, 0.29) is 72.2 Å². The molecule has 2 aromatic heterocycles. The van der Waals surface area contributed by atoms with Crippen molar-refractivity contribution in [1.82, 2.24) is 36.1 Å². The fourth-order valence-electron chi connectivity index (χ4n) is 5.83. The van der Waals surface area contributed by atoms with Crippen molar-refractivity contribution in [2.75, 3.05) is 32.7 Å². The van der Waals surface area contributed by atoms with Crippen molar-refractivity contribution in [2.45, 2.75) is 65.0 Å². The van der Waals surface area contributed by atoms with Gasteiger partial charge in [0.1, 0.15) is 22.5 Å². The van der Waals surface area contributed by atoms with Gasteiger partial charge in [0, 0.05) is 44.4 Å². The molecule has 0 spiro atoms. The van der Waals surface area contributed by atoms with Crippen LogP contribution in [0.5, 0.6) is 0 Å². The van der Waals surface area contributed by atoms with Gasteiger partial charge in [-0.2, -0.15) is 0 Å². The van der Waals surface area contributed by atoms with Crippen molar-refractivity contribution < 1.29 is 23.6 Å². The summed E-state index contributed by atoms with van der Waals surface area (Å²) in [5, 5.41) is 14.6. The number of carbonyl (C=O) groups excluding carboxylic acids is 4. The van der Waals surface area contributed by atoms with Crippen LogP contribution in [0.25, 0.3) is 0 Å². The number of amides is 4. The molecule has 47 heavy (non-hydrogen) atoms. The number of carbonyl (C=O) groups is 4. The lowest BCUT2D eigenvalue weighted by Gasteiger charge is -2.30. The van der Waals surface area contributed by atoms with Crippen molar-refractivity contribution >= 4 is 47.4 Å². The number of hydrogen-bond acceptors (Lipinski definition) is 9. The van der Waals surface area contributed by atoms with E-state index in [1.165, 1.54) is 11.3 Å². The zero-order valence-electron chi connectivity index (χ0n) is 27.0. The topological polar surface area (TPSA) is 159 Å². The third-order valence-corrected chi connectivity index (χ3v) is 9.30. The number of fused-ring (bicyclic) bond motifs is 4. The average Bonchev–Trinajstić information content (AvgIpc) is 3.70. The highest BCUT2D eigenvalue weighted by molar-refractivity contribution is 7.09. The molecule has 0 aliphatic carbocycles. The molecule has 1 fully saturated rings. The van der Waals surface area contributed by atoms with E-state index in [2.05, 4.69) is 31.2 Å². The molecule has 14 heteroatoms. The lowest BCUT2D eigenvalue weighted by atomic mass is 9.98. The number of benzene rings is 1. The first-order chi connectivity index (χ1) is 22.2. The molecule has 0 saturated carbocycles. The van der Waals surface area contributed by atoms with Crippen LogP contribution in [0.3, 0.4) is 0 Å². The van der Waals surface area contributed by atoms with E-state index in [9.17, 15) is 19.2 Å². The van der Waals surface area contributed by atoms with E-state index >= 15 is 0 Å². The molecular formula is C33H44ClN7O5S. The number of nitrogens with one attached hydrogen (secondary N) is 4. The van der Waals surface area contributed by atoms with Gasteiger partial charge in [0.2, 0.25) is 17.7 Å². The molecule has 4 amide bonds. The van der Waals surface area contributed by atoms with Gasteiger partial charge >= 0.3 is 0 Å². The molecule has 2 aliphatic rings. The normalized spacial score (nSPS) is 21.7. The second-order valence-corrected chi connectivity index (χ2v) is 13.2. The monoisotopic (exact) mass is 685 g/mol. The zero-order chi connectivity index (χ0) is 32.6. The van der Waals surface area contributed by atoms with E-state index in [1.807, 2.05) is 44.2 Å². The number of aromatic nitrogens is 2. The molecular weight excluding hydrogens is 642 g/mol. The minimum atomic E-state index is -0.607. The SMILES string of the molecule is Cc1oc2nc1C(=O)N[C@@H](C(C)C)c1nc(cs1)C(=O)NCCN(C(=O)[C@@H]1CCCNC1)CCCC(=O)N[C@H]2Cc1ccccc1.Cl. The summed E-state index contributed by atoms with van der Waals surface area (Å²) in [6, 6.07) is 8.62. The molecule has 1 aromatic carbocycles. The number of nitrogens with zero attached hydrogens (tertiary/aromatic N) is 3. The number of aryl methyl sites for hydroxylation is 1. The van der Waals surface area contributed by atoms with Gasteiger partial charge in [0.15, 0.2) is 5.69 Å². The van der Waals surface area contributed by atoms with Crippen molar-refractivity contribution in [2.24, 2.45) is 11.8 Å². The molecule has 4 heterocycles. The van der Waals surface area contributed by atoms with Gasteiger partial charge in [-0.1, -0.05) is 44.2 Å². The number of halogens is 1. The maximum absolute atomic E-state index is 13.5. The largest absolute Gasteiger partial charge is 0.443 e. The molecule has 2 aliphatic heterocycles. The van der Waals surface area contributed by atoms with Crippen LogP contribution >= 0.6 is 23.7 Å². The van der Waals surface area contributed by atoms with Crippen LogP contribution in [-0.2, 0) is 16.0 Å². The highest BCUT2D eigenvalue weighted by atomic mass is 35.5. The molecule has 0 radical (unpaired) electrons. The van der Waals surface area contributed by atoms with Gasteiger partial charge < -0.3 is 30.6 Å². The summed E-state index contributed by atoms with van der Waals surface area (Å²) < 4.78 is 6.01. The predicted molar refractivity (Wildman–Crippen MR) is 180 cm³/mol. The molecule has 1 saturated heterocycles. The van der Waals surface area contributed by atoms with Crippen LogP contribution in [-0.4, -0.2) is 71.2 Å². The number of rotatable bonds is 4. The Kier molecular flexibility index (Phi) is 12.9. The maximum Gasteiger partial charge on any atom is 0.274 e. The van der Waals surface area contributed by atoms with E-state index in [4.69, 9.17) is 4.42 Å². The summed E-state index contributed by atoms with van der Waals surface area (Å²) in [4.78, 5) is 64.2. The van der Waals surface area contributed by atoms with Crippen LogP contribution < -0.4 is 21.3 Å². The smallest absolute Gasteiger partial charge is 0.274 e. The number of oxazole rings is 1. The summed E-state index contributed by atoms with van der Waals surface area (Å²) in [6.07, 6.45) is 2.77. The first-order valence-corrected chi connectivity index (χ1v) is 16.9. The van der Waals surface area contributed by atoms with Gasteiger partial charge in [-0.15, -0.1) is 23.7 Å². The Hall–Kier alpha value is -3.81. The van der Waals surface area contributed by atoms with Crippen molar-refractivity contribution in [3.63, 3.8) is 0 Å². The van der Waals surface area contributed by atoms with E-state index < -0.39 is 18.0 Å². The van der Waals surface area contributed by atoms with Gasteiger partial charge in [-0.25, -0.2) is 9.97 Å². The fraction of sp³-hybridized carbons (Fsp3) is 0.515. The molecule has 3 atom stereocenters. The first-order valence-electron chi connectivity index (χ1n) is 16.0. The summed E-state index contributed by atoms with van der Waals surface area (Å²) in [7, 11) is 0. The molecule has 4 bridgehead atoms. The van der Waals surface area contributed by atoms with Gasteiger partial charge in [0.05, 0.1) is 12.0 Å². The molecule has 5 rings (SSSR count). The number of hydrogen-bond donors (Lipinski definition) is 4. The minimum absolute atomic E-state index is 0. The van der Waals surface area contributed by atoms with E-state index in [0.717, 1.165) is 24.9 Å². The summed E-state index contributed by atoms with van der Waals surface area (Å²) >= 11 is 1.30. The van der Waals surface area contributed by atoms with E-state index in [0.29, 0.717) is 43.2 Å². The second-order valence-electron chi connectivity index (χ2n) is 12.3. The zero-order valence-corrected chi connectivity index (χ0v) is 28.7. The molecule has 4 N–H and O–H groups in total. The minimum Gasteiger partial charge on any atom is -0.443 e. The average molecular weight is 686 g/mol. The lowest BCUT2D eigenvalue weighted by molar-refractivity contribution is -0.136. The summed E-state index contributed by atoms with van der Waals surface area (Å²) in [6.45, 7) is 8.06. The van der Waals surface area contributed by atoms with Crippen LogP contribution in [0.2, 0.25) is 0 Å². The Balaban J connectivity index is 0.00000500. The third kappa shape index (κ3) is 9.39. The number of thiazole rings is 1. The van der Waals surface area contributed by atoms with E-state index in [1.54, 1.807) is 17.2 Å². The Bertz CT molecular complexity index is 1520. The molecule has 254 valence electrons. The van der Waals surface area contributed by atoms with Gasteiger partial charge in [-0.05, 0) is 44.2 Å². The summed E-state index contributed by atoms with van der Waals surface area (Å²) in [5.74, 6) is -0.553. The second kappa shape index (κ2) is 16.8. The van der Waals surface area contributed by atoms with Crippen LogP contribution in [0, 0.1) is 18.8 Å². The Morgan fingerprint density at radius 1 is 1.04 bits per heavy atom. The Morgan fingerprint density at radius 2 is 1.83 bits per heavy atom. The van der Waals surface area contributed by atoms with Crippen LogP contribution in [0.1, 0.15) is 94.8 Å². The molecule has 0 unspecified atom stereocenters. The fourth-order valence-corrected chi connectivity index (χ4v) is 6.85. The van der Waals surface area contributed by atoms with Crippen molar-refractivity contribution in [1.29, 1.82) is 0 Å². The Labute approximate surface area is 285 Å². The Morgan fingerprint density at radius 3 is 2.55 bits per heavy atom. The summed E-state index contributed by atoms with van der Waals surface area (Å²) in [5.41, 5.74) is 1.36. The standard InChI is InChI=1S/C33H43N7O5S.ClH/c1-20(2)27-32-37-25(19-46-32)29(42)35-14-16-40(33(44)23-11-7-13-34-18-23)15-8-12-26(41)36-24(17-22-9-5-4-6-10-22)31-39-28(21(3)45-31)30(43)38-27;/h4-6,9-10,19-20,23-24,27,34H,7-8,11-18H2,1-3H3,(H,35,42)(H,36,41)(H,38,43);1H/t23-,24+,27+;/m1./s1. The highest BCUT2D eigenvalue weighted by Crippen LogP contribution is 2.27. The maximum atomic E-state index is 13.5. The van der Waals surface area contributed by atoms with Crippen molar-refractivity contribution in [3.05, 3.63) is 69.3 Å². The number of piperidine rings is 1. The molecule has 3 aromatic rings. The molecule has 12 nitrogen and oxygen atoms in total. The van der Waals surface area contributed by atoms with Crippen LogP contribution in [0.4, 0.5) is 0 Å². The highest BCUT2D eigenvalue weighted by Gasteiger charge is 2.30. The predicted octanol–water partition coefficient (Wildman–Crippen LogP) is 3.74. The van der Waals surface area contributed by atoms with Crippen molar-refractivity contribution in [3.8, 4) is 0 Å². The van der Waals surface area contributed by atoms with Gasteiger partial charge in [-0.3, -0.25) is 19.2 Å². The third-order valence-electron chi connectivity index (χ3n) is 8.38. The van der Waals surface area contributed by atoms with Gasteiger partial charge in [0.25, 0.3) is 11.8 Å². The first kappa shape index (κ1) is 36.0.